The molecule has 5 heteroatoms. The molecule has 222 valence electrons. The lowest BCUT2D eigenvalue weighted by Gasteiger charge is -2.26. The molecule has 0 bridgehead atoms. The van der Waals surface area contributed by atoms with Gasteiger partial charge in [0.1, 0.15) is 23.9 Å². The van der Waals surface area contributed by atoms with Crippen molar-refractivity contribution in [2.75, 3.05) is 26.2 Å². The van der Waals surface area contributed by atoms with Gasteiger partial charge in [0.15, 0.2) is 0 Å². The van der Waals surface area contributed by atoms with Crippen molar-refractivity contribution in [3.63, 3.8) is 0 Å². The number of benzene rings is 4. The zero-order valence-electron chi connectivity index (χ0n) is 25.6. The topological polar surface area (TPSA) is 46.9 Å². The van der Waals surface area contributed by atoms with Crippen LogP contribution < -0.4 is 9.47 Å². The third-order valence-electron chi connectivity index (χ3n) is 8.42. The van der Waals surface area contributed by atoms with Crippen LogP contribution in [0.2, 0.25) is 0 Å². The van der Waals surface area contributed by atoms with Crippen LogP contribution in [0.15, 0.2) is 91.0 Å². The van der Waals surface area contributed by atoms with Gasteiger partial charge in [0.25, 0.3) is 0 Å². The van der Waals surface area contributed by atoms with Crippen LogP contribution in [-0.4, -0.2) is 46.9 Å². The van der Waals surface area contributed by atoms with Gasteiger partial charge in [0, 0.05) is 29.6 Å². The minimum Gasteiger partial charge on any atom is -0.507 e. The minimum absolute atomic E-state index is 0.128. The van der Waals surface area contributed by atoms with E-state index in [1.807, 2.05) is 32.0 Å². The van der Waals surface area contributed by atoms with Gasteiger partial charge < -0.3 is 19.1 Å². The van der Waals surface area contributed by atoms with Crippen LogP contribution in [0.1, 0.15) is 44.2 Å². The number of rotatable bonds is 10. The van der Waals surface area contributed by atoms with Gasteiger partial charge in [-0.05, 0) is 124 Å². The molecule has 1 saturated heterocycles. The summed E-state index contributed by atoms with van der Waals surface area (Å²) in [6.07, 6.45) is 4.09. The van der Waals surface area contributed by atoms with Gasteiger partial charge in [-0.2, -0.15) is 0 Å². The lowest BCUT2D eigenvalue weighted by atomic mass is 10.0. The van der Waals surface area contributed by atoms with Crippen LogP contribution in [0.3, 0.4) is 0 Å². The second-order valence-corrected chi connectivity index (χ2v) is 11.9. The first-order valence-corrected chi connectivity index (χ1v) is 15.6. The second kappa shape index (κ2) is 13.0. The molecule has 0 unspecified atom stereocenters. The highest BCUT2D eigenvalue weighted by atomic mass is 16.5. The molecule has 0 spiro atoms. The summed E-state index contributed by atoms with van der Waals surface area (Å²) in [4.78, 5) is 2.50. The first-order chi connectivity index (χ1) is 21.0. The molecule has 1 N–H and O–H groups in total. The van der Waals surface area contributed by atoms with Crippen molar-refractivity contribution in [3.05, 3.63) is 102 Å². The van der Waals surface area contributed by atoms with E-state index in [1.165, 1.54) is 54.6 Å². The Labute approximate surface area is 255 Å². The fourth-order valence-electron chi connectivity index (χ4n) is 6.26. The molecule has 1 fully saturated rings. The van der Waals surface area contributed by atoms with E-state index in [1.54, 1.807) is 6.07 Å². The Balaban J connectivity index is 1.31. The number of nitrogens with zero attached hydrogens (tertiary/aromatic N) is 2. The number of hydrogen-bond acceptors (Lipinski definition) is 4. The Bertz CT molecular complexity index is 1660. The highest BCUT2D eigenvalue weighted by molar-refractivity contribution is 5.95. The van der Waals surface area contributed by atoms with E-state index in [4.69, 9.17) is 9.47 Å². The Kier molecular flexibility index (Phi) is 8.71. The fraction of sp³-hybridized carbons (Fsp3) is 0.316. The molecular formula is C38H42N2O3. The van der Waals surface area contributed by atoms with E-state index in [-0.39, 0.29) is 11.9 Å². The maximum Gasteiger partial charge on any atom is 0.123 e. The summed E-state index contributed by atoms with van der Waals surface area (Å²) >= 11 is 0. The standard InChI is InChI=1S/C38H42N2O3/c1-27(2)43-33-18-13-30(14-19-33)38-28(3)35-25-31(34-9-5-6-10-37(34)41)15-20-36(35)40(38)26-29-11-16-32(17-12-29)42-24-23-39-21-7-4-8-22-39/h5-6,9-20,25,27,41H,4,7-8,21-24,26H2,1-3H3. The largest absolute Gasteiger partial charge is 0.507 e. The van der Waals surface area contributed by atoms with E-state index in [2.05, 4.69) is 83.1 Å². The molecular weight excluding hydrogens is 532 g/mol. The normalized spacial score (nSPS) is 14.0. The fourth-order valence-corrected chi connectivity index (χ4v) is 6.26. The molecule has 0 amide bonds. The van der Waals surface area contributed by atoms with Crippen molar-refractivity contribution in [1.82, 2.24) is 9.47 Å². The Morgan fingerprint density at radius 2 is 1.49 bits per heavy atom. The first-order valence-electron chi connectivity index (χ1n) is 15.6. The molecule has 0 radical (unpaired) electrons. The minimum atomic E-state index is 0.128. The van der Waals surface area contributed by atoms with Crippen molar-refractivity contribution in [2.45, 2.75) is 52.7 Å². The predicted molar refractivity (Wildman–Crippen MR) is 176 cm³/mol. The third-order valence-corrected chi connectivity index (χ3v) is 8.42. The monoisotopic (exact) mass is 574 g/mol. The number of piperidine rings is 1. The number of ether oxygens (including phenoxy) is 2. The highest BCUT2D eigenvalue weighted by Crippen LogP contribution is 2.38. The molecule has 5 aromatic rings. The number of aryl methyl sites for hydroxylation is 1. The van der Waals surface area contributed by atoms with Gasteiger partial charge in [-0.25, -0.2) is 0 Å². The van der Waals surface area contributed by atoms with Gasteiger partial charge >= 0.3 is 0 Å². The van der Waals surface area contributed by atoms with Crippen LogP contribution in [0.4, 0.5) is 0 Å². The maximum absolute atomic E-state index is 10.5. The number of aromatic hydroxyl groups is 1. The summed E-state index contributed by atoms with van der Waals surface area (Å²) in [5, 5.41) is 11.7. The van der Waals surface area contributed by atoms with Gasteiger partial charge in [-0.3, -0.25) is 4.90 Å². The first kappa shape index (κ1) is 28.9. The van der Waals surface area contributed by atoms with Gasteiger partial charge in [-0.1, -0.05) is 42.8 Å². The summed E-state index contributed by atoms with van der Waals surface area (Å²) in [5.41, 5.74) is 7.76. The molecule has 5 nitrogen and oxygen atoms in total. The molecule has 0 aliphatic carbocycles. The SMILES string of the molecule is Cc1c(-c2ccc(OC(C)C)cc2)n(Cc2ccc(OCCN3CCCCC3)cc2)c2ccc(-c3ccccc3O)cc12. The Morgan fingerprint density at radius 3 is 2.21 bits per heavy atom. The van der Waals surface area contributed by atoms with Crippen LogP contribution >= 0.6 is 0 Å². The summed E-state index contributed by atoms with van der Waals surface area (Å²) in [7, 11) is 0. The average molecular weight is 575 g/mol. The lowest BCUT2D eigenvalue weighted by Crippen LogP contribution is -2.33. The molecule has 1 aliphatic rings. The molecule has 0 atom stereocenters. The molecule has 1 aliphatic heterocycles. The lowest BCUT2D eigenvalue weighted by molar-refractivity contribution is 0.183. The van der Waals surface area contributed by atoms with Gasteiger partial charge in [0.2, 0.25) is 0 Å². The smallest absolute Gasteiger partial charge is 0.123 e. The number of likely N-dealkylation sites (tertiary alicyclic amines) is 1. The quantitative estimate of drug-likeness (QED) is 0.181. The predicted octanol–water partition coefficient (Wildman–Crippen LogP) is 8.69. The molecule has 2 heterocycles. The molecule has 43 heavy (non-hydrogen) atoms. The van der Waals surface area contributed by atoms with Crippen LogP contribution in [0.25, 0.3) is 33.3 Å². The van der Waals surface area contributed by atoms with Crippen LogP contribution in [-0.2, 0) is 6.54 Å². The number of hydrogen-bond donors (Lipinski definition) is 1. The van der Waals surface area contributed by atoms with E-state index in [9.17, 15) is 5.11 Å². The summed E-state index contributed by atoms with van der Waals surface area (Å²) in [6, 6.07) is 31.0. The molecule has 0 saturated carbocycles. The van der Waals surface area contributed by atoms with E-state index in [0.717, 1.165) is 53.4 Å². The Morgan fingerprint density at radius 1 is 0.791 bits per heavy atom. The summed E-state index contributed by atoms with van der Waals surface area (Å²) in [5.74, 6) is 2.08. The third kappa shape index (κ3) is 6.57. The average Bonchev–Trinajstić information content (AvgIpc) is 3.29. The maximum atomic E-state index is 10.5. The number of phenolic OH excluding ortho intramolecular Hbond substituents is 1. The molecule has 1 aromatic heterocycles. The van der Waals surface area contributed by atoms with Crippen molar-refractivity contribution in [1.29, 1.82) is 0 Å². The van der Waals surface area contributed by atoms with E-state index < -0.39 is 0 Å². The van der Waals surface area contributed by atoms with Gasteiger partial charge in [0.05, 0.1) is 11.8 Å². The van der Waals surface area contributed by atoms with Crippen molar-refractivity contribution in [3.8, 4) is 39.6 Å². The summed E-state index contributed by atoms with van der Waals surface area (Å²) < 4.78 is 14.4. The summed E-state index contributed by atoms with van der Waals surface area (Å²) in [6.45, 7) is 11.1. The van der Waals surface area contributed by atoms with Crippen LogP contribution in [0.5, 0.6) is 17.2 Å². The van der Waals surface area contributed by atoms with Crippen LogP contribution in [0, 0.1) is 6.92 Å². The molecule has 4 aromatic carbocycles. The second-order valence-electron chi connectivity index (χ2n) is 11.9. The number of aromatic nitrogens is 1. The van der Waals surface area contributed by atoms with E-state index in [0.29, 0.717) is 0 Å². The van der Waals surface area contributed by atoms with Gasteiger partial charge in [-0.15, -0.1) is 0 Å². The zero-order chi connectivity index (χ0) is 29.8. The van der Waals surface area contributed by atoms with E-state index >= 15 is 0 Å². The number of para-hydroxylation sites is 1. The number of fused-ring (bicyclic) bond motifs is 1. The number of phenols is 1. The van der Waals surface area contributed by atoms with Crippen molar-refractivity contribution < 1.29 is 14.6 Å². The van der Waals surface area contributed by atoms with Crippen molar-refractivity contribution >= 4 is 10.9 Å². The van der Waals surface area contributed by atoms with Crippen molar-refractivity contribution in [2.24, 2.45) is 0 Å². The molecule has 6 rings (SSSR count). The Hall–Kier alpha value is -4.22. The zero-order valence-corrected chi connectivity index (χ0v) is 25.6. The highest BCUT2D eigenvalue weighted by Gasteiger charge is 2.18.